The highest BCUT2D eigenvalue weighted by atomic mass is 35.5. The number of amides is 1. The number of para-hydroxylation sites is 1. The third kappa shape index (κ3) is 4.01. The number of nitrogens with one attached hydrogen (secondary N) is 1. The Bertz CT molecular complexity index is 742. The molecular formula is C19H26ClN5O. The van der Waals surface area contributed by atoms with Crippen LogP contribution in [0.4, 0.5) is 11.8 Å². The fourth-order valence-electron chi connectivity index (χ4n) is 3.78. The fourth-order valence-corrected chi connectivity index (χ4v) is 3.78. The van der Waals surface area contributed by atoms with Gasteiger partial charge in [0, 0.05) is 37.6 Å². The standard InChI is InChI=1S/C19H25N5O.ClH/c25-14-23-10-12-24(13-11-23)19-21-17-9-5-4-8-16(17)18(22-19)20-15-6-2-1-3-7-15;/h4-5,8-9,14-15H,1-3,6-7,10-13H2,(H,20,21,22);1H. The summed E-state index contributed by atoms with van der Waals surface area (Å²) in [6, 6.07) is 8.71. The van der Waals surface area contributed by atoms with E-state index in [2.05, 4.69) is 16.3 Å². The Morgan fingerprint density at radius 1 is 1.00 bits per heavy atom. The molecule has 1 amide bonds. The summed E-state index contributed by atoms with van der Waals surface area (Å²) in [7, 11) is 0. The quantitative estimate of drug-likeness (QED) is 0.832. The molecule has 1 aliphatic heterocycles. The number of hydrogen-bond donors (Lipinski definition) is 1. The van der Waals surface area contributed by atoms with Gasteiger partial charge in [-0.15, -0.1) is 12.4 Å². The first-order valence-corrected chi connectivity index (χ1v) is 9.31. The first-order valence-electron chi connectivity index (χ1n) is 9.31. The molecule has 2 heterocycles. The molecule has 1 aliphatic carbocycles. The predicted octanol–water partition coefficient (Wildman–Crippen LogP) is 3.07. The first kappa shape index (κ1) is 18.7. The minimum atomic E-state index is 0. The average Bonchev–Trinajstić information content (AvgIpc) is 2.69. The van der Waals surface area contributed by atoms with E-state index in [0.717, 1.165) is 55.3 Å². The second-order valence-electron chi connectivity index (χ2n) is 7.00. The molecule has 26 heavy (non-hydrogen) atoms. The van der Waals surface area contributed by atoms with E-state index in [1.54, 1.807) is 4.90 Å². The van der Waals surface area contributed by atoms with E-state index in [4.69, 9.17) is 9.97 Å². The normalized spacial score (nSPS) is 18.5. The Morgan fingerprint density at radius 2 is 1.73 bits per heavy atom. The molecule has 140 valence electrons. The van der Waals surface area contributed by atoms with Crippen molar-refractivity contribution in [3.05, 3.63) is 24.3 Å². The van der Waals surface area contributed by atoms with Crippen LogP contribution in [0.15, 0.2) is 24.3 Å². The van der Waals surface area contributed by atoms with Gasteiger partial charge in [-0.05, 0) is 25.0 Å². The monoisotopic (exact) mass is 375 g/mol. The summed E-state index contributed by atoms with van der Waals surface area (Å²) in [5, 5.41) is 4.77. The van der Waals surface area contributed by atoms with Crippen molar-refractivity contribution < 1.29 is 4.79 Å². The lowest BCUT2D eigenvalue weighted by Gasteiger charge is -2.33. The Labute approximate surface area is 160 Å². The SMILES string of the molecule is Cl.O=CN1CCN(c2nc(NC3CCCCC3)c3ccccc3n2)CC1. The molecule has 1 saturated heterocycles. The maximum absolute atomic E-state index is 10.9. The zero-order chi connectivity index (χ0) is 17.1. The van der Waals surface area contributed by atoms with Crippen LogP contribution in [0.25, 0.3) is 10.9 Å². The van der Waals surface area contributed by atoms with Gasteiger partial charge in [0.2, 0.25) is 12.4 Å². The van der Waals surface area contributed by atoms with Crippen molar-refractivity contribution in [3.8, 4) is 0 Å². The number of nitrogens with zero attached hydrogens (tertiary/aromatic N) is 4. The molecule has 1 aromatic carbocycles. The smallest absolute Gasteiger partial charge is 0.228 e. The lowest BCUT2D eigenvalue weighted by Crippen LogP contribution is -2.46. The zero-order valence-corrected chi connectivity index (χ0v) is 15.7. The van der Waals surface area contributed by atoms with Crippen molar-refractivity contribution in [2.45, 2.75) is 38.1 Å². The van der Waals surface area contributed by atoms with Gasteiger partial charge in [0.1, 0.15) is 5.82 Å². The molecular weight excluding hydrogens is 350 g/mol. The first-order chi connectivity index (χ1) is 12.3. The molecule has 1 N–H and O–H groups in total. The van der Waals surface area contributed by atoms with E-state index in [0.29, 0.717) is 6.04 Å². The number of carbonyl (C=O) groups is 1. The summed E-state index contributed by atoms with van der Waals surface area (Å²) in [5.41, 5.74) is 0.976. The summed E-state index contributed by atoms with van der Waals surface area (Å²) in [6.07, 6.45) is 7.28. The number of rotatable bonds is 4. The topological polar surface area (TPSA) is 61.4 Å². The minimum Gasteiger partial charge on any atom is -0.367 e. The number of fused-ring (bicyclic) bond motifs is 1. The van der Waals surface area contributed by atoms with Crippen molar-refractivity contribution in [1.82, 2.24) is 14.9 Å². The zero-order valence-electron chi connectivity index (χ0n) is 14.9. The molecule has 0 unspecified atom stereocenters. The van der Waals surface area contributed by atoms with Gasteiger partial charge in [0.25, 0.3) is 0 Å². The highest BCUT2D eigenvalue weighted by Crippen LogP contribution is 2.27. The van der Waals surface area contributed by atoms with Gasteiger partial charge < -0.3 is 15.1 Å². The van der Waals surface area contributed by atoms with E-state index >= 15 is 0 Å². The second kappa shape index (κ2) is 8.54. The van der Waals surface area contributed by atoms with Gasteiger partial charge in [-0.25, -0.2) is 4.98 Å². The number of piperazine rings is 1. The minimum absolute atomic E-state index is 0. The number of benzene rings is 1. The predicted molar refractivity (Wildman–Crippen MR) is 107 cm³/mol. The van der Waals surface area contributed by atoms with E-state index in [1.807, 2.05) is 18.2 Å². The maximum atomic E-state index is 10.9. The lowest BCUT2D eigenvalue weighted by atomic mass is 9.95. The third-order valence-corrected chi connectivity index (χ3v) is 5.28. The van der Waals surface area contributed by atoms with Gasteiger partial charge in [-0.3, -0.25) is 4.79 Å². The van der Waals surface area contributed by atoms with Crippen LogP contribution < -0.4 is 10.2 Å². The molecule has 0 bridgehead atoms. The van der Waals surface area contributed by atoms with Crippen LogP contribution in [0, 0.1) is 0 Å². The van der Waals surface area contributed by atoms with Crippen molar-refractivity contribution in [2.24, 2.45) is 0 Å². The third-order valence-electron chi connectivity index (χ3n) is 5.28. The van der Waals surface area contributed by atoms with E-state index in [9.17, 15) is 4.79 Å². The van der Waals surface area contributed by atoms with Crippen LogP contribution in [0.1, 0.15) is 32.1 Å². The van der Waals surface area contributed by atoms with E-state index in [1.165, 1.54) is 32.1 Å². The number of aromatic nitrogens is 2. The average molecular weight is 376 g/mol. The van der Waals surface area contributed by atoms with Crippen molar-refractivity contribution in [1.29, 1.82) is 0 Å². The fraction of sp³-hybridized carbons (Fsp3) is 0.526. The van der Waals surface area contributed by atoms with Crippen LogP contribution in [-0.2, 0) is 4.79 Å². The van der Waals surface area contributed by atoms with Gasteiger partial charge in [-0.2, -0.15) is 4.98 Å². The molecule has 2 aromatic rings. The second-order valence-corrected chi connectivity index (χ2v) is 7.00. The molecule has 2 aliphatic rings. The van der Waals surface area contributed by atoms with Crippen LogP contribution in [0.5, 0.6) is 0 Å². The number of carbonyl (C=O) groups excluding carboxylic acids is 1. The van der Waals surface area contributed by atoms with Gasteiger partial charge >= 0.3 is 0 Å². The summed E-state index contributed by atoms with van der Waals surface area (Å²) in [4.78, 5) is 24.5. The molecule has 4 rings (SSSR count). The maximum Gasteiger partial charge on any atom is 0.228 e. The van der Waals surface area contributed by atoms with Crippen LogP contribution in [0.2, 0.25) is 0 Å². The van der Waals surface area contributed by atoms with Crippen LogP contribution in [-0.4, -0.2) is 53.5 Å². The number of hydrogen-bond acceptors (Lipinski definition) is 5. The Kier molecular flexibility index (Phi) is 6.14. The molecule has 1 saturated carbocycles. The van der Waals surface area contributed by atoms with Crippen LogP contribution >= 0.6 is 12.4 Å². The number of halogens is 1. The van der Waals surface area contributed by atoms with Crippen molar-refractivity contribution in [3.63, 3.8) is 0 Å². The molecule has 1 aromatic heterocycles. The summed E-state index contributed by atoms with van der Waals surface area (Å²) in [5.74, 6) is 1.72. The molecule has 0 spiro atoms. The number of anilines is 2. The highest BCUT2D eigenvalue weighted by molar-refractivity contribution is 5.90. The van der Waals surface area contributed by atoms with E-state index < -0.39 is 0 Å². The van der Waals surface area contributed by atoms with E-state index in [-0.39, 0.29) is 12.4 Å². The summed E-state index contributed by atoms with van der Waals surface area (Å²) in [6.45, 7) is 3.01. The summed E-state index contributed by atoms with van der Waals surface area (Å²) < 4.78 is 0. The Morgan fingerprint density at radius 3 is 2.46 bits per heavy atom. The molecule has 0 atom stereocenters. The van der Waals surface area contributed by atoms with Crippen molar-refractivity contribution in [2.75, 3.05) is 36.4 Å². The van der Waals surface area contributed by atoms with Gasteiger partial charge in [-0.1, -0.05) is 31.4 Å². The lowest BCUT2D eigenvalue weighted by molar-refractivity contribution is -0.118. The largest absolute Gasteiger partial charge is 0.367 e. The molecule has 0 radical (unpaired) electrons. The Hall–Kier alpha value is -2.08. The Balaban J connectivity index is 0.00000196. The van der Waals surface area contributed by atoms with Crippen LogP contribution in [0.3, 0.4) is 0 Å². The highest BCUT2D eigenvalue weighted by Gasteiger charge is 2.21. The molecule has 6 nitrogen and oxygen atoms in total. The molecule has 7 heteroatoms. The summed E-state index contributed by atoms with van der Waals surface area (Å²) >= 11 is 0. The molecule has 2 fully saturated rings. The van der Waals surface area contributed by atoms with Crippen molar-refractivity contribution >= 4 is 41.5 Å². The van der Waals surface area contributed by atoms with Gasteiger partial charge in [0.05, 0.1) is 5.52 Å². The van der Waals surface area contributed by atoms with Gasteiger partial charge in [0.15, 0.2) is 0 Å².